The molecule has 0 unspecified atom stereocenters. The molecule has 150 valence electrons. The molecule has 0 bridgehead atoms. The van der Waals surface area contributed by atoms with E-state index in [1.54, 1.807) is 18.2 Å². The average molecular weight is 499 g/mol. The molecule has 3 aromatic carbocycles. The maximum absolute atomic E-state index is 13.2. The Morgan fingerprint density at radius 1 is 1.03 bits per heavy atom. The number of carbonyl (C=O) groups is 1. The van der Waals surface area contributed by atoms with Crippen LogP contribution in [0.4, 0.5) is 10.1 Å². The summed E-state index contributed by atoms with van der Waals surface area (Å²) in [4.78, 5) is 11.1. The molecule has 0 radical (unpaired) electrons. The van der Waals surface area contributed by atoms with E-state index in [0.29, 0.717) is 28.6 Å². The van der Waals surface area contributed by atoms with E-state index in [-0.39, 0.29) is 17.2 Å². The first-order valence-electron chi connectivity index (χ1n) is 8.45. The van der Waals surface area contributed by atoms with Crippen molar-refractivity contribution in [3.05, 3.63) is 91.6 Å². The fourth-order valence-electron chi connectivity index (χ4n) is 2.62. The molecule has 0 heterocycles. The van der Waals surface area contributed by atoms with Gasteiger partial charge in [-0.2, -0.15) is 0 Å². The number of ether oxygens (including phenoxy) is 1. The van der Waals surface area contributed by atoms with Gasteiger partial charge in [0, 0.05) is 27.8 Å². The Morgan fingerprint density at radius 3 is 2.52 bits per heavy atom. The fraction of sp³-hybridized carbons (Fsp3) is 0.0952. The molecule has 0 aliphatic rings. The van der Waals surface area contributed by atoms with Gasteiger partial charge in [0.15, 0.2) is 0 Å². The third kappa shape index (κ3) is 5.63. The van der Waals surface area contributed by atoms with E-state index in [4.69, 9.17) is 33.0 Å². The third-order valence-corrected chi connectivity index (χ3v) is 5.26. The van der Waals surface area contributed by atoms with Crippen LogP contribution in [0.3, 0.4) is 0 Å². The molecule has 3 aromatic rings. The zero-order valence-corrected chi connectivity index (χ0v) is 18.0. The SMILES string of the molecule is O=C(O)c1ccc(NCc2cc(Br)ccc2OCc2ccc(F)cc2Cl)cc1Cl. The molecule has 0 aromatic heterocycles. The molecular weight excluding hydrogens is 484 g/mol. The van der Waals surface area contributed by atoms with Crippen LogP contribution in [0.5, 0.6) is 5.75 Å². The van der Waals surface area contributed by atoms with E-state index < -0.39 is 11.8 Å². The fourth-order valence-corrected chi connectivity index (χ4v) is 3.51. The minimum absolute atomic E-state index is 0.0415. The quantitative estimate of drug-likeness (QED) is 0.376. The molecular formula is C21H15BrCl2FNO3. The van der Waals surface area contributed by atoms with E-state index in [2.05, 4.69) is 21.2 Å². The van der Waals surface area contributed by atoms with E-state index >= 15 is 0 Å². The number of nitrogens with one attached hydrogen (secondary N) is 1. The van der Waals surface area contributed by atoms with Crippen molar-refractivity contribution in [2.45, 2.75) is 13.2 Å². The normalized spacial score (nSPS) is 10.6. The van der Waals surface area contributed by atoms with Gasteiger partial charge in [-0.05, 0) is 48.5 Å². The van der Waals surface area contributed by atoms with Gasteiger partial charge < -0.3 is 15.2 Å². The highest BCUT2D eigenvalue weighted by molar-refractivity contribution is 9.10. The minimum atomic E-state index is -1.08. The van der Waals surface area contributed by atoms with Crippen molar-refractivity contribution in [3.8, 4) is 5.75 Å². The number of halogens is 4. The lowest BCUT2D eigenvalue weighted by Gasteiger charge is -2.14. The van der Waals surface area contributed by atoms with Crippen molar-refractivity contribution in [2.24, 2.45) is 0 Å². The zero-order chi connectivity index (χ0) is 21.0. The molecule has 0 atom stereocenters. The summed E-state index contributed by atoms with van der Waals surface area (Å²) < 4.78 is 20.0. The summed E-state index contributed by atoms with van der Waals surface area (Å²) in [6.07, 6.45) is 0. The van der Waals surface area contributed by atoms with Gasteiger partial charge in [-0.25, -0.2) is 9.18 Å². The van der Waals surface area contributed by atoms with Crippen molar-refractivity contribution in [1.82, 2.24) is 0 Å². The van der Waals surface area contributed by atoms with Gasteiger partial charge in [0.1, 0.15) is 18.2 Å². The van der Waals surface area contributed by atoms with E-state index in [1.165, 1.54) is 18.2 Å². The van der Waals surface area contributed by atoms with Gasteiger partial charge in [-0.15, -0.1) is 0 Å². The number of carboxylic acid groups (broad SMARTS) is 1. The highest BCUT2D eigenvalue weighted by Gasteiger charge is 2.11. The monoisotopic (exact) mass is 497 g/mol. The summed E-state index contributed by atoms with van der Waals surface area (Å²) in [5, 5.41) is 12.7. The van der Waals surface area contributed by atoms with E-state index in [1.807, 2.05) is 18.2 Å². The van der Waals surface area contributed by atoms with Gasteiger partial charge in [0.2, 0.25) is 0 Å². The first-order chi connectivity index (χ1) is 13.8. The van der Waals surface area contributed by atoms with Crippen molar-refractivity contribution in [3.63, 3.8) is 0 Å². The van der Waals surface area contributed by atoms with Crippen LogP contribution in [0.15, 0.2) is 59.1 Å². The summed E-state index contributed by atoms with van der Waals surface area (Å²) >= 11 is 15.5. The maximum atomic E-state index is 13.2. The van der Waals surface area contributed by atoms with Gasteiger partial charge >= 0.3 is 5.97 Å². The third-order valence-electron chi connectivity index (χ3n) is 4.10. The number of aromatic carboxylic acids is 1. The molecule has 0 spiro atoms. The molecule has 0 saturated heterocycles. The molecule has 0 amide bonds. The number of hydrogen-bond donors (Lipinski definition) is 2. The molecule has 3 rings (SSSR count). The lowest BCUT2D eigenvalue weighted by atomic mass is 10.1. The highest BCUT2D eigenvalue weighted by atomic mass is 79.9. The maximum Gasteiger partial charge on any atom is 0.337 e. The second-order valence-electron chi connectivity index (χ2n) is 6.13. The number of anilines is 1. The summed E-state index contributed by atoms with van der Waals surface area (Å²) in [7, 11) is 0. The second kappa shape index (κ2) is 9.48. The molecule has 0 aliphatic heterocycles. The topological polar surface area (TPSA) is 58.6 Å². The van der Waals surface area contributed by atoms with Crippen LogP contribution in [-0.4, -0.2) is 11.1 Å². The Kier molecular flexibility index (Phi) is 7.00. The van der Waals surface area contributed by atoms with Crippen LogP contribution in [-0.2, 0) is 13.2 Å². The standard InChI is InChI=1S/C21H15BrCl2FNO3/c22-14-2-6-20(29-11-12-1-3-15(25)8-18(12)23)13(7-14)10-26-16-4-5-17(21(27)28)19(24)9-16/h1-9,26H,10-11H2,(H,27,28). The summed E-state index contributed by atoms with van der Waals surface area (Å²) in [6.45, 7) is 0.599. The molecule has 8 heteroatoms. The smallest absolute Gasteiger partial charge is 0.337 e. The molecule has 29 heavy (non-hydrogen) atoms. The van der Waals surface area contributed by atoms with Crippen molar-refractivity contribution >= 4 is 50.8 Å². The first kappa shape index (κ1) is 21.4. The molecule has 0 saturated carbocycles. The largest absolute Gasteiger partial charge is 0.488 e. The Hall–Kier alpha value is -2.28. The lowest BCUT2D eigenvalue weighted by molar-refractivity contribution is 0.0697. The number of benzene rings is 3. The number of carboxylic acids is 1. The molecule has 0 aliphatic carbocycles. The number of rotatable bonds is 7. The van der Waals surface area contributed by atoms with Crippen molar-refractivity contribution < 1.29 is 19.0 Å². The van der Waals surface area contributed by atoms with Crippen molar-refractivity contribution in [2.75, 3.05) is 5.32 Å². The molecule has 4 nitrogen and oxygen atoms in total. The Balaban J connectivity index is 1.73. The first-order valence-corrected chi connectivity index (χ1v) is 10.0. The van der Waals surface area contributed by atoms with Crippen molar-refractivity contribution in [1.29, 1.82) is 0 Å². The second-order valence-corrected chi connectivity index (χ2v) is 7.86. The predicted molar refractivity (Wildman–Crippen MR) is 116 cm³/mol. The summed E-state index contributed by atoms with van der Waals surface area (Å²) in [5.74, 6) is -0.849. The molecule has 2 N–H and O–H groups in total. The Labute approximate surface area is 185 Å². The van der Waals surface area contributed by atoms with Gasteiger partial charge in [0.25, 0.3) is 0 Å². The highest BCUT2D eigenvalue weighted by Crippen LogP contribution is 2.27. The predicted octanol–water partition coefficient (Wildman–Crippen LogP) is 6.78. The van der Waals surface area contributed by atoms with Crippen LogP contribution in [0, 0.1) is 5.82 Å². The zero-order valence-electron chi connectivity index (χ0n) is 14.9. The van der Waals surface area contributed by atoms with Crippen LogP contribution < -0.4 is 10.1 Å². The minimum Gasteiger partial charge on any atom is -0.488 e. The van der Waals surface area contributed by atoms with Gasteiger partial charge in [0.05, 0.1) is 15.6 Å². The van der Waals surface area contributed by atoms with Crippen LogP contribution in [0.1, 0.15) is 21.5 Å². The average Bonchev–Trinajstić information content (AvgIpc) is 2.66. The van der Waals surface area contributed by atoms with E-state index in [9.17, 15) is 9.18 Å². The van der Waals surface area contributed by atoms with Crippen LogP contribution >= 0.6 is 39.1 Å². The summed E-state index contributed by atoms with van der Waals surface area (Å²) in [5.41, 5.74) is 2.24. The van der Waals surface area contributed by atoms with E-state index in [0.717, 1.165) is 10.0 Å². The Bertz CT molecular complexity index is 1060. The summed E-state index contributed by atoms with van der Waals surface area (Å²) in [6, 6.07) is 14.4. The van der Waals surface area contributed by atoms with Crippen LogP contribution in [0.25, 0.3) is 0 Å². The van der Waals surface area contributed by atoms with Gasteiger partial charge in [-0.1, -0.05) is 45.2 Å². The van der Waals surface area contributed by atoms with Crippen LogP contribution in [0.2, 0.25) is 10.0 Å². The molecule has 0 fully saturated rings. The lowest BCUT2D eigenvalue weighted by Crippen LogP contribution is -2.05. The number of hydrogen-bond acceptors (Lipinski definition) is 3. The Morgan fingerprint density at radius 2 is 1.83 bits per heavy atom. The van der Waals surface area contributed by atoms with Gasteiger partial charge in [-0.3, -0.25) is 0 Å².